The van der Waals surface area contributed by atoms with Crippen molar-refractivity contribution in [1.82, 2.24) is 0 Å². The second-order valence-corrected chi connectivity index (χ2v) is 5.46. The van der Waals surface area contributed by atoms with Gasteiger partial charge in [0.25, 0.3) is 5.91 Å². The van der Waals surface area contributed by atoms with Crippen molar-refractivity contribution < 1.29 is 13.9 Å². The number of rotatable bonds is 3. The number of hydrogen-bond acceptors (Lipinski definition) is 2. The molecule has 1 N–H and O–H groups in total. The SMILES string of the molecule is CC(C)=C1C(=O)Nc2ccc(OCc3cccc(F)c3)cc21. The summed E-state index contributed by atoms with van der Waals surface area (Å²) >= 11 is 0. The highest BCUT2D eigenvalue weighted by molar-refractivity contribution is 6.32. The van der Waals surface area contributed by atoms with Crippen LogP contribution in [0.25, 0.3) is 5.57 Å². The molecule has 0 atom stereocenters. The summed E-state index contributed by atoms with van der Waals surface area (Å²) in [5.41, 5.74) is 4.04. The molecule has 0 spiro atoms. The van der Waals surface area contributed by atoms with E-state index in [0.717, 1.165) is 22.4 Å². The first kappa shape index (κ1) is 14.3. The maximum atomic E-state index is 13.1. The van der Waals surface area contributed by atoms with Gasteiger partial charge >= 0.3 is 0 Å². The summed E-state index contributed by atoms with van der Waals surface area (Å²) in [6.07, 6.45) is 0. The molecule has 0 fully saturated rings. The number of amides is 1. The molecule has 2 aromatic carbocycles. The molecule has 0 saturated carbocycles. The molecular weight excluding hydrogens is 281 g/mol. The van der Waals surface area contributed by atoms with Gasteiger partial charge in [0.15, 0.2) is 0 Å². The number of ether oxygens (including phenoxy) is 1. The predicted molar refractivity (Wildman–Crippen MR) is 84.1 cm³/mol. The van der Waals surface area contributed by atoms with Crippen molar-refractivity contribution in [1.29, 1.82) is 0 Å². The average molecular weight is 297 g/mol. The normalized spacial score (nSPS) is 12.9. The summed E-state index contributed by atoms with van der Waals surface area (Å²) in [6.45, 7) is 4.09. The first-order valence-corrected chi connectivity index (χ1v) is 7.05. The fourth-order valence-electron chi connectivity index (χ4n) is 2.53. The highest BCUT2D eigenvalue weighted by Crippen LogP contribution is 2.36. The lowest BCUT2D eigenvalue weighted by Crippen LogP contribution is -2.04. The highest BCUT2D eigenvalue weighted by atomic mass is 19.1. The number of halogens is 1. The van der Waals surface area contributed by atoms with E-state index in [1.165, 1.54) is 12.1 Å². The van der Waals surface area contributed by atoms with Crippen LogP contribution in [0, 0.1) is 5.82 Å². The van der Waals surface area contributed by atoms with Crippen LogP contribution in [0.2, 0.25) is 0 Å². The van der Waals surface area contributed by atoms with E-state index in [1.807, 2.05) is 32.0 Å². The molecule has 4 heteroatoms. The number of allylic oxidation sites excluding steroid dienone is 1. The van der Waals surface area contributed by atoms with Crippen molar-refractivity contribution in [3.8, 4) is 5.75 Å². The van der Waals surface area contributed by atoms with Gasteiger partial charge in [-0.05, 0) is 49.7 Å². The van der Waals surface area contributed by atoms with Crippen molar-refractivity contribution in [3.05, 3.63) is 65.0 Å². The fraction of sp³-hybridized carbons (Fsp3) is 0.167. The zero-order valence-electron chi connectivity index (χ0n) is 12.4. The van der Waals surface area contributed by atoms with Crippen LogP contribution in [0.1, 0.15) is 25.0 Å². The maximum Gasteiger partial charge on any atom is 0.256 e. The molecule has 1 aliphatic heterocycles. The first-order valence-electron chi connectivity index (χ1n) is 7.05. The van der Waals surface area contributed by atoms with Crippen LogP contribution in [0.15, 0.2) is 48.0 Å². The summed E-state index contributed by atoms with van der Waals surface area (Å²) in [5.74, 6) is 0.284. The largest absolute Gasteiger partial charge is 0.489 e. The summed E-state index contributed by atoms with van der Waals surface area (Å²) in [7, 11) is 0. The molecular formula is C18H16FNO2. The average Bonchev–Trinajstić information content (AvgIpc) is 2.80. The highest BCUT2D eigenvalue weighted by Gasteiger charge is 2.25. The molecule has 1 heterocycles. The monoisotopic (exact) mass is 297 g/mol. The van der Waals surface area contributed by atoms with Crippen LogP contribution < -0.4 is 10.1 Å². The second-order valence-electron chi connectivity index (χ2n) is 5.46. The van der Waals surface area contributed by atoms with Crippen molar-refractivity contribution in [2.24, 2.45) is 0 Å². The standard InChI is InChI=1S/C18H16FNO2/c1-11(2)17-15-9-14(6-7-16(15)20-18(17)21)22-10-12-4-3-5-13(19)8-12/h3-9H,10H2,1-2H3,(H,20,21). The summed E-state index contributed by atoms with van der Waals surface area (Å²) in [5, 5.41) is 2.84. The minimum absolute atomic E-state index is 0.0859. The van der Waals surface area contributed by atoms with Gasteiger partial charge in [0.2, 0.25) is 0 Å². The Bertz CT molecular complexity index is 776. The Balaban J connectivity index is 1.83. The number of fused-ring (bicyclic) bond motifs is 1. The summed E-state index contributed by atoms with van der Waals surface area (Å²) in [4.78, 5) is 11.9. The summed E-state index contributed by atoms with van der Waals surface area (Å²) < 4.78 is 18.9. The van der Waals surface area contributed by atoms with Crippen LogP contribution in [0.4, 0.5) is 10.1 Å². The molecule has 0 unspecified atom stereocenters. The van der Waals surface area contributed by atoms with Crippen molar-refractivity contribution in [2.45, 2.75) is 20.5 Å². The molecule has 0 bridgehead atoms. The molecule has 0 radical (unpaired) electrons. The second kappa shape index (κ2) is 5.64. The van der Waals surface area contributed by atoms with Gasteiger partial charge in [-0.2, -0.15) is 0 Å². The van der Waals surface area contributed by atoms with Gasteiger partial charge in [-0.1, -0.05) is 17.7 Å². The van der Waals surface area contributed by atoms with E-state index in [-0.39, 0.29) is 18.3 Å². The van der Waals surface area contributed by atoms with Crippen LogP contribution in [-0.2, 0) is 11.4 Å². The van der Waals surface area contributed by atoms with E-state index in [2.05, 4.69) is 5.32 Å². The van der Waals surface area contributed by atoms with Crippen molar-refractivity contribution >= 4 is 17.2 Å². The number of benzene rings is 2. The Hall–Kier alpha value is -2.62. The molecule has 22 heavy (non-hydrogen) atoms. The van der Waals surface area contributed by atoms with E-state index in [0.29, 0.717) is 11.3 Å². The zero-order chi connectivity index (χ0) is 15.7. The molecule has 1 aliphatic rings. The van der Waals surface area contributed by atoms with Gasteiger partial charge in [-0.25, -0.2) is 4.39 Å². The number of carbonyl (C=O) groups excluding carboxylic acids is 1. The molecule has 0 saturated heterocycles. The number of anilines is 1. The van der Waals surface area contributed by atoms with Crippen LogP contribution in [0.3, 0.4) is 0 Å². The van der Waals surface area contributed by atoms with E-state index in [9.17, 15) is 9.18 Å². The van der Waals surface area contributed by atoms with Crippen LogP contribution in [0.5, 0.6) is 5.75 Å². The minimum atomic E-state index is -0.281. The molecule has 1 amide bonds. The minimum Gasteiger partial charge on any atom is -0.489 e. The lowest BCUT2D eigenvalue weighted by molar-refractivity contribution is -0.110. The van der Waals surface area contributed by atoms with E-state index >= 15 is 0 Å². The molecule has 3 rings (SSSR count). The van der Waals surface area contributed by atoms with Crippen LogP contribution >= 0.6 is 0 Å². The van der Waals surface area contributed by atoms with E-state index in [1.54, 1.807) is 12.1 Å². The van der Waals surface area contributed by atoms with E-state index in [4.69, 9.17) is 4.74 Å². The molecule has 2 aromatic rings. The first-order chi connectivity index (χ1) is 10.5. The quantitative estimate of drug-likeness (QED) is 0.864. The molecule has 3 nitrogen and oxygen atoms in total. The van der Waals surface area contributed by atoms with E-state index < -0.39 is 0 Å². The van der Waals surface area contributed by atoms with Crippen LogP contribution in [-0.4, -0.2) is 5.91 Å². The van der Waals surface area contributed by atoms with Crippen molar-refractivity contribution in [2.75, 3.05) is 5.32 Å². The smallest absolute Gasteiger partial charge is 0.256 e. The topological polar surface area (TPSA) is 38.3 Å². The van der Waals surface area contributed by atoms with Gasteiger partial charge in [0.05, 0.1) is 0 Å². The molecule has 0 aliphatic carbocycles. The maximum absolute atomic E-state index is 13.1. The third-order valence-corrected chi connectivity index (χ3v) is 3.53. The van der Waals surface area contributed by atoms with Gasteiger partial charge in [-0.15, -0.1) is 0 Å². The lowest BCUT2D eigenvalue weighted by Gasteiger charge is -2.08. The van der Waals surface area contributed by atoms with Gasteiger partial charge in [0.1, 0.15) is 18.2 Å². The Morgan fingerprint density at radius 3 is 2.73 bits per heavy atom. The lowest BCUT2D eigenvalue weighted by atomic mass is 10.0. The van der Waals surface area contributed by atoms with Gasteiger partial charge in [0, 0.05) is 16.8 Å². The number of carbonyl (C=O) groups is 1. The van der Waals surface area contributed by atoms with Crippen molar-refractivity contribution in [3.63, 3.8) is 0 Å². The Kier molecular flexibility index (Phi) is 3.67. The summed E-state index contributed by atoms with van der Waals surface area (Å²) in [6, 6.07) is 11.8. The predicted octanol–water partition coefficient (Wildman–Crippen LogP) is 4.15. The zero-order valence-corrected chi connectivity index (χ0v) is 12.4. The third kappa shape index (κ3) is 2.72. The number of nitrogens with one attached hydrogen (secondary N) is 1. The fourth-order valence-corrected chi connectivity index (χ4v) is 2.53. The molecule has 112 valence electrons. The Labute approximate surface area is 128 Å². The van der Waals surface area contributed by atoms with Gasteiger partial charge in [-0.3, -0.25) is 4.79 Å². The molecule has 0 aromatic heterocycles. The van der Waals surface area contributed by atoms with Gasteiger partial charge < -0.3 is 10.1 Å². The third-order valence-electron chi connectivity index (χ3n) is 3.53. The number of hydrogen-bond donors (Lipinski definition) is 1. The Morgan fingerprint density at radius 2 is 2.00 bits per heavy atom. The Morgan fingerprint density at radius 1 is 1.18 bits per heavy atom.